The molecule has 0 aromatic heterocycles. The Balaban J connectivity index is 2.48. The van der Waals surface area contributed by atoms with Gasteiger partial charge in [0.25, 0.3) is 0 Å². The molecule has 0 unspecified atom stereocenters. The minimum Gasteiger partial charge on any atom is -0.119 e. The van der Waals surface area contributed by atoms with Crippen LogP contribution in [0.5, 0.6) is 0 Å². The van der Waals surface area contributed by atoms with Gasteiger partial charge in [0.1, 0.15) is 0 Å². The summed E-state index contributed by atoms with van der Waals surface area (Å²) in [5, 5.41) is 0. The van der Waals surface area contributed by atoms with Gasteiger partial charge in [0.2, 0.25) is 0 Å². The van der Waals surface area contributed by atoms with Crippen LogP contribution in [0.1, 0.15) is 13.8 Å². The molecule has 0 spiro atoms. The normalized spacial score (nSPS) is 11.8. The van der Waals surface area contributed by atoms with E-state index in [4.69, 9.17) is 12.6 Å². The molecule has 0 aliphatic heterocycles. The van der Waals surface area contributed by atoms with E-state index in [1.807, 2.05) is 0 Å². The lowest BCUT2D eigenvalue weighted by Gasteiger charge is -2.20. The van der Waals surface area contributed by atoms with Gasteiger partial charge in [-0.2, -0.15) is 0 Å². The summed E-state index contributed by atoms with van der Waals surface area (Å²) in [5.74, 6) is 0. The highest BCUT2D eigenvalue weighted by molar-refractivity contribution is 8.09. The second-order valence-corrected chi connectivity index (χ2v) is 8.38. The Hall–Kier alpha value is -0.860. The minimum absolute atomic E-state index is 0.00435. The van der Waals surface area contributed by atoms with Crippen LogP contribution >= 0.6 is 12.6 Å². The van der Waals surface area contributed by atoms with Gasteiger partial charge in [-0.3, -0.25) is 0 Å². The van der Waals surface area contributed by atoms with Crippen molar-refractivity contribution in [2.45, 2.75) is 27.7 Å². The van der Waals surface area contributed by atoms with Crippen molar-refractivity contribution in [3.05, 3.63) is 60.7 Å². The third-order valence-electron chi connectivity index (χ3n) is 2.46. The third kappa shape index (κ3) is 3.08. The highest BCUT2D eigenvalue weighted by atomic mass is 32.2. The van der Waals surface area contributed by atoms with Crippen molar-refractivity contribution in [2.75, 3.05) is 0 Å². The van der Waals surface area contributed by atoms with Crippen molar-refractivity contribution in [1.82, 2.24) is 0 Å². The molecule has 2 aromatic rings. The fourth-order valence-electron chi connectivity index (χ4n) is 1.83. The quantitative estimate of drug-likeness (QED) is 0.615. The molecule has 0 amide bonds. The zero-order chi connectivity index (χ0) is 12.3. The smallest absolute Gasteiger partial charge is 0.119 e. The average molecular weight is 261 g/mol. The monoisotopic (exact) mass is 261 g/mol. The van der Waals surface area contributed by atoms with Gasteiger partial charge >= 0.3 is 0 Å². The van der Waals surface area contributed by atoms with E-state index in [1.54, 1.807) is 0 Å². The summed E-state index contributed by atoms with van der Waals surface area (Å²) in [6.07, 6.45) is 0. The predicted octanol–water partition coefficient (Wildman–Crippen LogP) is 4.39. The number of benzene rings is 2. The van der Waals surface area contributed by atoms with E-state index in [-0.39, 0.29) is 15.0 Å². The molecule has 0 saturated heterocycles. The molecule has 88 valence electrons. The van der Waals surface area contributed by atoms with Gasteiger partial charge < -0.3 is 0 Å². The molecule has 0 heterocycles. The lowest BCUT2D eigenvalue weighted by Crippen LogP contribution is -2.26. The first-order chi connectivity index (χ1) is 8.09. The molecule has 0 bridgehead atoms. The van der Waals surface area contributed by atoms with Crippen LogP contribution in [0.25, 0.3) is 0 Å². The van der Waals surface area contributed by atoms with Gasteiger partial charge in [0, 0.05) is 0 Å². The van der Waals surface area contributed by atoms with Crippen LogP contribution in [-0.4, -0.2) is 4.08 Å². The summed E-state index contributed by atoms with van der Waals surface area (Å²) in [5.41, 5.74) is 0. The first-order valence-corrected chi connectivity index (χ1v) is 7.33. The number of hydrogen-bond donors (Lipinski definition) is 1. The van der Waals surface area contributed by atoms with Gasteiger partial charge in [-0.1, -0.05) is 36.4 Å². The number of hydrogen-bond acceptors (Lipinski definition) is 1. The molecule has 0 fully saturated rings. The SMILES string of the molecule is CC(C)(S)[S+](c1ccccc1)c1ccccc1. The van der Waals surface area contributed by atoms with Crippen LogP contribution in [0.4, 0.5) is 0 Å². The largest absolute Gasteiger partial charge is 0.175 e. The second kappa shape index (κ2) is 5.19. The minimum atomic E-state index is -0.0529. The van der Waals surface area contributed by atoms with Gasteiger partial charge in [-0.25, -0.2) is 0 Å². The summed E-state index contributed by atoms with van der Waals surface area (Å²) >= 11 is 4.78. The Bertz CT molecular complexity index is 418. The summed E-state index contributed by atoms with van der Waals surface area (Å²) in [7, 11) is -0.00435. The Morgan fingerprint density at radius 2 is 1.12 bits per heavy atom. The van der Waals surface area contributed by atoms with Crippen molar-refractivity contribution in [3.63, 3.8) is 0 Å². The average Bonchev–Trinajstić information content (AvgIpc) is 2.30. The number of thiol groups is 1. The standard InChI is InChI=1S/C15H16S2/c1-15(2,16)17(13-9-5-3-6-10-13)14-11-7-4-8-12-14/h3-12H,1-2H3/p+1. The molecule has 0 N–H and O–H groups in total. The lowest BCUT2D eigenvalue weighted by molar-refractivity contribution is 1.01. The zero-order valence-corrected chi connectivity index (χ0v) is 11.8. The fraction of sp³-hybridized carbons (Fsp3) is 0.200. The van der Waals surface area contributed by atoms with E-state index in [0.717, 1.165) is 0 Å². The zero-order valence-electron chi connectivity index (χ0n) is 10.1. The maximum atomic E-state index is 4.78. The van der Waals surface area contributed by atoms with Gasteiger partial charge in [-0.15, -0.1) is 12.6 Å². The highest BCUT2D eigenvalue weighted by Gasteiger charge is 2.39. The molecule has 2 heteroatoms. The van der Waals surface area contributed by atoms with E-state index in [0.29, 0.717) is 0 Å². The molecular weight excluding hydrogens is 244 g/mol. The van der Waals surface area contributed by atoms with Crippen LogP contribution in [0, 0.1) is 0 Å². The lowest BCUT2D eigenvalue weighted by atomic mass is 10.4. The Morgan fingerprint density at radius 3 is 1.41 bits per heavy atom. The van der Waals surface area contributed by atoms with Crippen molar-refractivity contribution in [2.24, 2.45) is 0 Å². The van der Waals surface area contributed by atoms with Gasteiger partial charge in [0.05, 0.1) is 10.9 Å². The summed E-state index contributed by atoms with van der Waals surface area (Å²) in [4.78, 5) is 2.69. The highest BCUT2D eigenvalue weighted by Crippen LogP contribution is 2.36. The molecule has 0 radical (unpaired) electrons. The molecule has 17 heavy (non-hydrogen) atoms. The molecule has 0 nitrogen and oxygen atoms in total. The molecule has 0 aliphatic carbocycles. The molecule has 0 atom stereocenters. The van der Waals surface area contributed by atoms with Crippen LogP contribution in [0.2, 0.25) is 0 Å². The second-order valence-electron chi connectivity index (χ2n) is 4.38. The fourth-order valence-corrected chi connectivity index (χ4v) is 4.74. The van der Waals surface area contributed by atoms with Crippen molar-refractivity contribution in [1.29, 1.82) is 0 Å². The van der Waals surface area contributed by atoms with Crippen molar-refractivity contribution in [3.8, 4) is 0 Å². The maximum absolute atomic E-state index is 4.78. The van der Waals surface area contributed by atoms with Crippen LogP contribution < -0.4 is 0 Å². The third-order valence-corrected chi connectivity index (χ3v) is 5.49. The number of rotatable bonds is 3. The Kier molecular flexibility index (Phi) is 3.85. The molecule has 2 rings (SSSR count). The van der Waals surface area contributed by atoms with Crippen LogP contribution in [-0.2, 0) is 10.9 Å². The Labute approximate surface area is 112 Å². The van der Waals surface area contributed by atoms with E-state index in [1.165, 1.54) is 9.79 Å². The molecular formula is C15H17S2+. The maximum Gasteiger partial charge on any atom is 0.175 e. The van der Waals surface area contributed by atoms with Crippen LogP contribution in [0.15, 0.2) is 70.5 Å². The van der Waals surface area contributed by atoms with Crippen LogP contribution in [0.3, 0.4) is 0 Å². The van der Waals surface area contributed by atoms with E-state index < -0.39 is 0 Å². The van der Waals surface area contributed by atoms with Crippen molar-refractivity contribution < 1.29 is 0 Å². The molecule has 0 saturated carbocycles. The van der Waals surface area contributed by atoms with Gasteiger partial charge in [0.15, 0.2) is 13.9 Å². The molecule has 0 aliphatic rings. The first-order valence-electron chi connectivity index (χ1n) is 5.66. The summed E-state index contributed by atoms with van der Waals surface area (Å²) < 4.78 is -0.0529. The predicted molar refractivity (Wildman–Crippen MR) is 79.8 cm³/mol. The Morgan fingerprint density at radius 1 is 0.765 bits per heavy atom. The summed E-state index contributed by atoms with van der Waals surface area (Å²) in [6, 6.07) is 21.2. The molecule has 2 aromatic carbocycles. The summed E-state index contributed by atoms with van der Waals surface area (Å²) in [6.45, 7) is 4.36. The van der Waals surface area contributed by atoms with Crippen molar-refractivity contribution >= 4 is 23.5 Å². The van der Waals surface area contributed by atoms with E-state index in [9.17, 15) is 0 Å². The van der Waals surface area contributed by atoms with E-state index >= 15 is 0 Å². The van der Waals surface area contributed by atoms with Gasteiger partial charge in [-0.05, 0) is 38.1 Å². The topological polar surface area (TPSA) is 0 Å². The van der Waals surface area contributed by atoms with E-state index in [2.05, 4.69) is 74.5 Å². The first kappa shape index (κ1) is 12.6.